The van der Waals surface area contributed by atoms with E-state index in [-0.39, 0.29) is 11.2 Å². The Bertz CT molecular complexity index is 550. The van der Waals surface area contributed by atoms with Crippen LogP contribution in [0.3, 0.4) is 0 Å². The van der Waals surface area contributed by atoms with Gasteiger partial charge in [0.1, 0.15) is 5.82 Å². The van der Waals surface area contributed by atoms with Gasteiger partial charge in [-0.3, -0.25) is 9.36 Å². The van der Waals surface area contributed by atoms with Gasteiger partial charge in [-0.1, -0.05) is 28.1 Å². The number of pyridine rings is 1. The first-order chi connectivity index (χ1) is 7.18. The number of para-hydroxylation sites is 1. The van der Waals surface area contributed by atoms with Crippen molar-refractivity contribution >= 4 is 15.9 Å². The third-order valence-corrected chi connectivity index (χ3v) is 2.49. The van der Waals surface area contributed by atoms with Gasteiger partial charge in [0.15, 0.2) is 0 Å². The third-order valence-electron chi connectivity index (χ3n) is 1.99. The van der Waals surface area contributed by atoms with Crippen LogP contribution in [0.4, 0.5) is 4.39 Å². The number of hydrogen-bond donors (Lipinski definition) is 0. The van der Waals surface area contributed by atoms with Crippen LogP contribution in [0.15, 0.2) is 51.9 Å². The van der Waals surface area contributed by atoms with Crippen LogP contribution >= 0.6 is 15.9 Å². The van der Waals surface area contributed by atoms with Crippen molar-refractivity contribution in [3.05, 3.63) is 63.2 Å². The van der Waals surface area contributed by atoms with Crippen molar-refractivity contribution < 1.29 is 4.39 Å². The molecule has 1 aromatic carbocycles. The molecule has 0 fully saturated rings. The molecular weight excluding hydrogens is 261 g/mol. The Morgan fingerprint density at radius 3 is 2.60 bits per heavy atom. The van der Waals surface area contributed by atoms with E-state index in [0.29, 0.717) is 4.47 Å². The van der Waals surface area contributed by atoms with E-state index >= 15 is 0 Å². The molecule has 0 radical (unpaired) electrons. The van der Waals surface area contributed by atoms with E-state index in [1.807, 2.05) is 0 Å². The molecule has 76 valence electrons. The zero-order valence-electron chi connectivity index (χ0n) is 7.65. The molecule has 2 rings (SSSR count). The molecule has 2 nitrogen and oxygen atoms in total. The standard InChI is InChI=1S/C11H7BrFNO/c12-8-5-6-14(11(15)7-8)10-4-2-1-3-9(10)13/h1-7H. The van der Waals surface area contributed by atoms with E-state index < -0.39 is 5.82 Å². The van der Waals surface area contributed by atoms with Crippen LogP contribution in [0.1, 0.15) is 0 Å². The van der Waals surface area contributed by atoms with Crippen molar-refractivity contribution in [2.24, 2.45) is 0 Å². The number of hydrogen-bond acceptors (Lipinski definition) is 1. The summed E-state index contributed by atoms with van der Waals surface area (Å²) in [7, 11) is 0. The van der Waals surface area contributed by atoms with Crippen molar-refractivity contribution in [1.29, 1.82) is 0 Å². The highest BCUT2D eigenvalue weighted by Crippen LogP contribution is 2.12. The van der Waals surface area contributed by atoms with Gasteiger partial charge in [0, 0.05) is 16.7 Å². The summed E-state index contributed by atoms with van der Waals surface area (Å²) in [6.07, 6.45) is 1.53. The number of aromatic nitrogens is 1. The Kier molecular flexibility index (Phi) is 2.68. The summed E-state index contributed by atoms with van der Waals surface area (Å²) in [6, 6.07) is 9.24. The van der Waals surface area contributed by atoms with Gasteiger partial charge in [-0.2, -0.15) is 0 Å². The summed E-state index contributed by atoms with van der Waals surface area (Å²) >= 11 is 3.18. The first-order valence-electron chi connectivity index (χ1n) is 4.31. The highest BCUT2D eigenvalue weighted by molar-refractivity contribution is 9.10. The summed E-state index contributed by atoms with van der Waals surface area (Å²) in [4.78, 5) is 11.6. The fraction of sp³-hybridized carbons (Fsp3) is 0. The van der Waals surface area contributed by atoms with E-state index in [4.69, 9.17) is 0 Å². The smallest absolute Gasteiger partial charge is 0.256 e. The Balaban J connectivity index is 2.65. The normalized spacial score (nSPS) is 10.3. The highest BCUT2D eigenvalue weighted by atomic mass is 79.9. The van der Waals surface area contributed by atoms with Crippen molar-refractivity contribution in [2.75, 3.05) is 0 Å². The average molecular weight is 268 g/mol. The molecule has 0 aliphatic rings. The SMILES string of the molecule is O=c1cc(Br)ccn1-c1ccccc1F. The molecule has 0 amide bonds. The topological polar surface area (TPSA) is 22.0 Å². The fourth-order valence-corrected chi connectivity index (χ4v) is 1.61. The van der Waals surface area contributed by atoms with Crippen LogP contribution in [0, 0.1) is 5.82 Å². The second kappa shape index (κ2) is 3.98. The highest BCUT2D eigenvalue weighted by Gasteiger charge is 2.04. The van der Waals surface area contributed by atoms with Crippen LogP contribution in [-0.2, 0) is 0 Å². The lowest BCUT2D eigenvalue weighted by atomic mass is 10.3. The lowest BCUT2D eigenvalue weighted by Crippen LogP contribution is -2.17. The number of rotatable bonds is 1. The van der Waals surface area contributed by atoms with E-state index in [1.165, 1.54) is 22.9 Å². The Labute approximate surface area is 94.1 Å². The molecule has 0 N–H and O–H groups in total. The maximum Gasteiger partial charge on any atom is 0.256 e. The molecule has 0 unspecified atom stereocenters. The van der Waals surface area contributed by atoms with Crippen LogP contribution in [-0.4, -0.2) is 4.57 Å². The largest absolute Gasteiger partial charge is 0.281 e. The zero-order valence-corrected chi connectivity index (χ0v) is 9.24. The van der Waals surface area contributed by atoms with Crippen LogP contribution in [0.25, 0.3) is 5.69 Å². The lowest BCUT2D eigenvalue weighted by molar-refractivity contribution is 0.616. The maximum absolute atomic E-state index is 13.4. The van der Waals surface area contributed by atoms with Gasteiger partial charge in [-0.15, -0.1) is 0 Å². The minimum absolute atomic E-state index is 0.259. The monoisotopic (exact) mass is 267 g/mol. The van der Waals surface area contributed by atoms with Crippen molar-refractivity contribution in [1.82, 2.24) is 4.57 Å². The molecule has 15 heavy (non-hydrogen) atoms. The lowest BCUT2D eigenvalue weighted by Gasteiger charge is -2.05. The summed E-state index contributed by atoms with van der Waals surface area (Å²) in [5.41, 5.74) is -0.00975. The van der Waals surface area contributed by atoms with Gasteiger partial charge in [0.25, 0.3) is 5.56 Å². The molecule has 1 aromatic heterocycles. The summed E-state index contributed by atoms with van der Waals surface area (Å²) in [5, 5.41) is 0. The predicted molar refractivity (Wildman–Crippen MR) is 59.7 cm³/mol. The van der Waals surface area contributed by atoms with Gasteiger partial charge >= 0.3 is 0 Å². The zero-order chi connectivity index (χ0) is 10.8. The molecule has 0 bridgehead atoms. The van der Waals surface area contributed by atoms with Crippen LogP contribution in [0.5, 0.6) is 0 Å². The van der Waals surface area contributed by atoms with E-state index in [9.17, 15) is 9.18 Å². The number of benzene rings is 1. The summed E-state index contributed by atoms with van der Waals surface area (Å²) < 4.78 is 15.3. The Morgan fingerprint density at radius 2 is 1.93 bits per heavy atom. The Hall–Kier alpha value is -1.42. The molecule has 0 saturated carbocycles. The second-order valence-electron chi connectivity index (χ2n) is 3.00. The molecule has 1 heterocycles. The fourth-order valence-electron chi connectivity index (χ4n) is 1.30. The van der Waals surface area contributed by atoms with Crippen LogP contribution < -0.4 is 5.56 Å². The molecule has 4 heteroatoms. The van der Waals surface area contributed by atoms with Crippen molar-refractivity contribution in [3.63, 3.8) is 0 Å². The quantitative estimate of drug-likeness (QED) is 0.779. The first-order valence-corrected chi connectivity index (χ1v) is 5.11. The van der Waals surface area contributed by atoms with E-state index in [2.05, 4.69) is 15.9 Å². The number of halogens is 2. The average Bonchev–Trinajstić information content (AvgIpc) is 2.20. The van der Waals surface area contributed by atoms with E-state index in [1.54, 1.807) is 24.3 Å². The van der Waals surface area contributed by atoms with Gasteiger partial charge in [-0.05, 0) is 18.2 Å². The molecule has 0 atom stereocenters. The molecular formula is C11H7BrFNO. The number of nitrogens with zero attached hydrogens (tertiary/aromatic N) is 1. The Morgan fingerprint density at radius 1 is 1.20 bits per heavy atom. The molecule has 0 spiro atoms. The second-order valence-corrected chi connectivity index (χ2v) is 3.92. The maximum atomic E-state index is 13.4. The van der Waals surface area contributed by atoms with Crippen molar-refractivity contribution in [3.8, 4) is 5.69 Å². The first kappa shape index (κ1) is 10.1. The minimum Gasteiger partial charge on any atom is -0.281 e. The predicted octanol–water partition coefficient (Wildman–Crippen LogP) is 2.74. The molecule has 2 aromatic rings. The van der Waals surface area contributed by atoms with Crippen LogP contribution in [0.2, 0.25) is 0 Å². The molecule has 0 saturated heterocycles. The van der Waals surface area contributed by atoms with Crippen molar-refractivity contribution in [2.45, 2.75) is 0 Å². The third kappa shape index (κ3) is 1.99. The van der Waals surface area contributed by atoms with Gasteiger partial charge in [0.2, 0.25) is 0 Å². The molecule has 0 aliphatic heterocycles. The minimum atomic E-state index is -0.415. The van der Waals surface area contributed by atoms with Gasteiger partial charge in [0.05, 0.1) is 5.69 Å². The van der Waals surface area contributed by atoms with E-state index in [0.717, 1.165) is 0 Å². The summed E-state index contributed by atoms with van der Waals surface area (Å²) in [5.74, 6) is -0.415. The summed E-state index contributed by atoms with van der Waals surface area (Å²) in [6.45, 7) is 0. The van der Waals surface area contributed by atoms with Gasteiger partial charge < -0.3 is 0 Å². The van der Waals surface area contributed by atoms with Gasteiger partial charge in [-0.25, -0.2) is 4.39 Å². The molecule has 0 aliphatic carbocycles.